The van der Waals surface area contributed by atoms with Crippen molar-refractivity contribution in [2.75, 3.05) is 6.54 Å². The van der Waals surface area contributed by atoms with Gasteiger partial charge in [-0.2, -0.15) is 0 Å². The van der Waals surface area contributed by atoms with Gasteiger partial charge >= 0.3 is 37.1 Å². The molecule has 0 rings (SSSR count). The molecule has 0 amide bonds. The van der Waals surface area contributed by atoms with E-state index in [1.165, 1.54) is 0 Å². The van der Waals surface area contributed by atoms with E-state index in [-0.39, 0.29) is 0 Å². The zero-order valence-corrected chi connectivity index (χ0v) is 4.22. The summed E-state index contributed by atoms with van der Waals surface area (Å²) in [6.45, 7) is 2.96. The molecule has 0 unspecified atom stereocenters. The molecular weight excluding hydrogens is 85.9 g/mol. The molecule has 21 valence electrons. The van der Waals surface area contributed by atoms with Gasteiger partial charge in [-0.3, -0.25) is 0 Å². The van der Waals surface area contributed by atoms with E-state index >= 15 is 0 Å². The Morgan fingerprint density at radius 3 is 2.25 bits per heavy atom. The molecule has 0 heterocycles. The molecular formula is C2H5NTi+. The molecule has 0 aromatic carbocycles. The predicted octanol–water partition coefficient (Wildman–Crippen LogP) is 0.737. The third-order valence-electron chi connectivity index (χ3n) is 0.158. The van der Waals surface area contributed by atoms with E-state index in [0.29, 0.717) is 0 Å². The van der Waals surface area contributed by atoms with Crippen LogP contribution in [0.4, 0.5) is 0 Å². The maximum atomic E-state index is 3.74. The molecule has 0 bridgehead atoms. The standard InChI is InChI=1S/C2H5N.Ti/c1-2-3;/h2H2,1H3;/q;+1. The van der Waals surface area contributed by atoms with Gasteiger partial charge in [0.1, 0.15) is 0 Å². The quantitative estimate of drug-likeness (QED) is 0.422. The first kappa shape index (κ1) is 4.51. The summed E-state index contributed by atoms with van der Waals surface area (Å²) in [5, 5.41) is 0. The van der Waals surface area contributed by atoms with Crippen molar-refractivity contribution in [3.05, 3.63) is 0 Å². The molecule has 0 atom stereocenters. The molecule has 0 saturated heterocycles. The molecule has 0 spiro atoms. The van der Waals surface area contributed by atoms with E-state index in [4.69, 9.17) is 0 Å². The fraction of sp³-hybridized carbons (Fsp3) is 1.00. The van der Waals surface area contributed by atoms with Crippen LogP contribution >= 0.6 is 0 Å². The molecule has 4 heavy (non-hydrogen) atoms. The van der Waals surface area contributed by atoms with Gasteiger partial charge < -0.3 is 0 Å². The Labute approximate surface area is 37.7 Å². The molecule has 0 aliphatic carbocycles. The second-order valence-corrected chi connectivity index (χ2v) is 0.968. The predicted molar refractivity (Wildman–Crippen MR) is 13.0 cm³/mol. The minimum absolute atomic E-state index is 0.944. The van der Waals surface area contributed by atoms with Crippen LogP contribution in [0, 0.1) is 0 Å². The average Bonchev–Trinajstić information content (AvgIpc) is 1.37. The Morgan fingerprint density at radius 2 is 2.25 bits per heavy atom. The molecule has 1 nitrogen and oxygen atoms in total. The fourth-order valence-corrected chi connectivity index (χ4v) is 0. The number of rotatable bonds is 1. The van der Waals surface area contributed by atoms with Crippen LogP contribution in [0.3, 0.4) is 0 Å². The van der Waals surface area contributed by atoms with E-state index in [0.717, 1.165) is 6.54 Å². The molecule has 0 aromatic heterocycles. The number of hydrogen-bond donors (Lipinski definition) is 0. The van der Waals surface area contributed by atoms with E-state index in [2.05, 4.69) is 3.42 Å². The van der Waals surface area contributed by atoms with Gasteiger partial charge in [0.05, 0.1) is 0 Å². The van der Waals surface area contributed by atoms with Crippen molar-refractivity contribution in [3.63, 3.8) is 0 Å². The van der Waals surface area contributed by atoms with Crippen LogP contribution in [0.25, 0.3) is 0 Å². The topological polar surface area (TPSA) is 12.4 Å². The Kier molecular flexibility index (Phi) is 3.97. The normalized spacial score (nSPS) is 6.75. The van der Waals surface area contributed by atoms with Gasteiger partial charge in [0.2, 0.25) is 0 Å². The SMILES string of the molecule is CC[N]=[Ti+]. The first-order valence-electron chi connectivity index (χ1n) is 1.25. The summed E-state index contributed by atoms with van der Waals surface area (Å²) in [7, 11) is 0. The first-order valence-corrected chi connectivity index (χ1v) is 1.95. The van der Waals surface area contributed by atoms with Crippen LogP contribution < -0.4 is 0 Å². The van der Waals surface area contributed by atoms with Crippen LogP contribution in [0.5, 0.6) is 0 Å². The fourth-order valence-electron chi connectivity index (χ4n) is 0. The summed E-state index contributed by atoms with van der Waals surface area (Å²) in [4.78, 5) is 0. The van der Waals surface area contributed by atoms with E-state index < -0.39 is 0 Å². The van der Waals surface area contributed by atoms with E-state index in [1.54, 1.807) is 20.3 Å². The molecule has 0 fully saturated rings. The van der Waals surface area contributed by atoms with E-state index in [9.17, 15) is 0 Å². The van der Waals surface area contributed by atoms with E-state index in [1.807, 2.05) is 6.92 Å². The van der Waals surface area contributed by atoms with Crippen molar-refractivity contribution in [2.24, 2.45) is 3.42 Å². The Bertz CT molecular complexity index is 20.0. The summed E-state index contributed by atoms with van der Waals surface area (Å²) in [6.07, 6.45) is 0. The van der Waals surface area contributed by atoms with Crippen molar-refractivity contribution in [1.82, 2.24) is 0 Å². The van der Waals surface area contributed by atoms with Crippen LogP contribution in [0.1, 0.15) is 6.92 Å². The van der Waals surface area contributed by atoms with Crippen molar-refractivity contribution < 1.29 is 20.3 Å². The molecule has 2 heteroatoms. The van der Waals surface area contributed by atoms with Gasteiger partial charge in [0.15, 0.2) is 0 Å². The van der Waals surface area contributed by atoms with Crippen LogP contribution in [-0.2, 0) is 20.3 Å². The van der Waals surface area contributed by atoms with Crippen molar-refractivity contribution in [1.29, 1.82) is 0 Å². The average molecular weight is 90.9 g/mol. The summed E-state index contributed by atoms with van der Waals surface area (Å²) >= 11 is 1.81. The molecule has 0 radical (unpaired) electrons. The van der Waals surface area contributed by atoms with Gasteiger partial charge in [0, 0.05) is 0 Å². The summed E-state index contributed by atoms with van der Waals surface area (Å²) in [5.41, 5.74) is 0. The second kappa shape index (κ2) is 3.51. The molecule has 0 saturated carbocycles. The summed E-state index contributed by atoms with van der Waals surface area (Å²) in [6, 6.07) is 0. The van der Waals surface area contributed by atoms with Gasteiger partial charge in [-0.1, -0.05) is 0 Å². The Hall–Kier alpha value is 0.514. The number of nitrogens with zero attached hydrogens (tertiary/aromatic N) is 1. The third-order valence-corrected chi connectivity index (χ3v) is 0.652. The zero-order valence-electron chi connectivity index (χ0n) is 2.65. The summed E-state index contributed by atoms with van der Waals surface area (Å²) in [5.74, 6) is 0. The Morgan fingerprint density at radius 1 is 2.00 bits per heavy atom. The number of hydrogen-bond acceptors (Lipinski definition) is 1. The summed E-state index contributed by atoms with van der Waals surface area (Å²) < 4.78 is 3.74. The van der Waals surface area contributed by atoms with Gasteiger partial charge in [0.25, 0.3) is 0 Å². The Balaban J connectivity index is 2.30. The van der Waals surface area contributed by atoms with Crippen LogP contribution in [0.15, 0.2) is 3.42 Å². The first-order chi connectivity index (χ1) is 1.91. The van der Waals surface area contributed by atoms with Gasteiger partial charge in [-0.05, 0) is 0 Å². The van der Waals surface area contributed by atoms with Crippen molar-refractivity contribution >= 4 is 0 Å². The molecule has 0 aromatic rings. The van der Waals surface area contributed by atoms with Crippen LogP contribution in [0.2, 0.25) is 0 Å². The zero-order chi connectivity index (χ0) is 3.41. The second-order valence-electron chi connectivity index (χ2n) is 0.474. The van der Waals surface area contributed by atoms with Crippen LogP contribution in [-0.4, -0.2) is 6.54 Å². The monoisotopic (exact) mass is 91.0 g/mol. The minimum atomic E-state index is 0.944. The van der Waals surface area contributed by atoms with Crippen molar-refractivity contribution in [2.45, 2.75) is 6.92 Å². The molecule has 0 aliphatic heterocycles. The maximum absolute atomic E-state index is 3.74. The third kappa shape index (κ3) is 2.51. The van der Waals surface area contributed by atoms with Gasteiger partial charge in [-0.25, -0.2) is 0 Å². The molecule has 0 aliphatic rings. The van der Waals surface area contributed by atoms with Gasteiger partial charge in [-0.15, -0.1) is 0 Å². The molecule has 0 N–H and O–H groups in total. The van der Waals surface area contributed by atoms with Crippen molar-refractivity contribution in [3.8, 4) is 0 Å².